The monoisotopic (exact) mass is 418 g/mol. The molecule has 1 saturated heterocycles. The molecule has 1 heterocycles. The van der Waals surface area contributed by atoms with E-state index in [1.807, 2.05) is 0 Å². The van der Waals surface area contributed by atoms with E-state index in [-0.39, 0.29) is 36.9 Å². The van der Waals surface area contributed by atoms with Crippen molar-refractivity contribution < 1.29 is 26.4 Å². The summed E-state index contributed by atoms with van der Waals surface area (Å²) in [4.78, 5) is 14.4. The zero-order valence-corrected chi connectivity index (χ0v) is 16.3. The minimum atomic E-state index is -4.36. The number of nitrogens with zero attached hydrogens (tertiary/aromatic N) is 1. The Hall–Kier alpha value is -1.61. The topological polar surface area (TPSA) is 66.5 Å². The van der Waals surface area contributed by atoms with Crippen LogP contribution >= 0.6 is 0 Å². The van der Waals surface area contributed by atoms with Crippen molar-refractivity contribution in [2.24, 2.45) is 11.8 Å². The number of rotatable bonds is 4. The Labute approximate surface area is 163 Å². The van der Waals surface area contributed by atoms with Gasteiger partial charge in [0.2, 0.25) is 15.9 Å². The van der Waals surface area contributed by atoms with Gasteiger partial charge in [-0.25, -0.2) is 13.1 Å². The van der Waals surface area contributed by atoms with E-state index in [0.29, 0.717) is 25.7 Å². The van der Waals surface area contributed by atoms with Crippen LogP contribution in [-0.2, 0) is 14.8 Å². The number of carbonyl (C=O) groups excluding carboxylic acids is 1. The maximum atomic E-state index is 13.3. The average molecular weight is 418 g/mol. The number of carbonyl (C=O) groups is 1. The number of alkyl halides is 3. The third-order valence-electron chi connectivity index (χ3n) is 5.69. The second-order valence-corrected chi connectivity index (χ2v) is 9.29. The fourth-order valence-electron chi connectivity index (χ4n) is 4.16. The summed E-state index contributed by atoms with van der Waals surface area (Å²) in [5.41, 5.74) is 0. The third-order valence-corrected chi connectivity index (χ3v) is 7.22. The van der Waals surface area contributed by atoms with Gasteiger partial charge < -0.3 is 4.90 Å². The summed E-state index contributed by atoms with van der Waals surface area (Å²) < 4.78 is 67.3. The number of nitrogens with one attached hydrogen (secondary N) is 1. The lowest BCUT2D eigenvalue weighted by Crippen LogP contribution is -2.50. The molecule has 1 aliphatic heterocycles. The Morgan fingerprint density at radius 3 is 2.21 bits per heavy atom. The van der Waals surface area contributed by atoms with Crippen LogP contribution in [-0.4, -0.2) is 44.5 Å². The van der Waals surface area contributed by atoms with E-state index < -0.39 is 33.9 Å². The van der Waals surface area contributed by atoms with Gasteiger partial charge in [-0.3, -0.25) is 4.79 Å². The molecule has 2 unspecified atom stereocenters. The summed E-state index contributed by atoms with van der Waals surface area (Å²) in [5, 5.41) is 0. The lowest BCUT2D eigenvalue weighted by atomic mass is 9.77. The summed E-state index contributed by atoms with van der Waals surface area (Å²) in [6, 6.07) is 7.67. The molecule has 1 aromatic rings. The molecule has 0 bridgehead atoms. The fourth-order valence-corrected chi connectivity index (χ4v) is 5.48. The highest BCUT2D eigenvalue weighted by molar-refractivity contribution is 7.89. The number of hydrogen-bond donors (Lipinski definition) is 1. The number of piperidine rings is 1. The van der Waals surface area contributed by atoms with Crippen molar-refractivity contribution in [3.8, 4) is 0 Å². The quantitative estimate of drug-likeness (QED) is 0.816. The highest BCUT2D eigenvalue weighted by Gasteiger charge is 2.49. The van der Waals surface area contributed by atoms with Crippen LogP contribution < -0.4 is 4.72 Å². The molecular formula is C19H25F3N2O3S. The molecular weight excluding hydrogens is 393 g/mol. The molecule has 0 aromatic heterocycles. The van der Waals surface area contributed by atoms with E-state index in [0.717, 1.165) is 0 Å². The first-order valence-electron chi connectivity index (χ1n) is 9.61. The molecule has 2 atom stereocenters. The van der Waals surface area contributed by atoms with Gasteiger partial charge in [-0.05, 0) is 37.8 Å². The summed E-state index contributed by atoms with van der Waals surface area (Å²) in [7, 11) is -3.65. The SMILES string of the molecule is O=C(C1CCCCC1C(F)(F)F)N1CCC(NS(=O)(=O)c2ccccc2)CC1. The molecule has 1 amide bonds. The van der Waals surface area contributed by atoms with Gasteiger partial charge in [0.05, 0.1) is 10.8 Å². The molecule has 28 heavy (non-hydrogen) atoms. The number of amides is 1. The smallest absolute Gasteiger partial charge is 0.342 e. The normalized spacial score (nSPS) is 24.9. The van der Waals surface area contributed by atoms with Gasteiger partial charge in [0.25, 0.3) is 0 Å². The largest absolute Gasteiger partial charge is 0.392 e. The lowest BCUT2D eigenvalue weighted by molar-refractivity contribution is -0.201. The summed E-state index contributed by atoms with van der Waals surface area (Å²) in [6.45, 7) is 0.532. The van der Waals surface area contributed by atoms with Gasteiger partial charge in [-0.15, -0.1) is 0 Å². The minimum absolute atomic E-state index is 0.00719. The first-order valence-corrected chi connectivity index (χ1v) is 11.1. The molecule has 2 fully saturated rings. The maximum absolute atomic E-state index is 13.3. The van der Waals surface area contributed by atoms with Crippen molar-refractivity contribution in [1.82, 2.24) is 9.62 Å². The highest BCUT2D eigenvalue weighted by Crippen LogP contribution is 2.42. The van der Waals surface area contributed by atoms with Gasteiger partial charge in [0, 0.05) is 25.0 Å². The predicted octanol–water partition coefficient (Wildman–Crippen LogP) is 3.32. The van der Waals surface area contributed by atoms with E-state index in [1.54, 1.807) is 18.2 Å². The van der Waals surface area contributed by atoms with E-state index in [9.17, 15) is 26.4 Å². The molecule has 5 nitrogen and oxygen atoms in total. The summed E-state index contributed by atoms with van der Waals surface area (Å²) in [5.74, 6) is -3.01. The van der Waals surface area contributed by atoms with E-state index in [4.69, 9.17) is 0 Å². The number of benzene rings is 1. The third kappa shape index (κ3) is 4.86. The van der Waals surface area contributed by atoms with Gasteiger partial charge in [-0.2, -0.15) is 13.2 Å². The molecule has 1 aromatic carbocycles. The van der Waals surface area contributed by atoms with Gasteiger partial charge >= 0.3 is 6.18 Å². The second kappa shape index (κ2) is 8.41. The number of halogens is 3. The zero-order valence-electron chi connectivity index (χ0n) is 15.5. The van der Waals surface area contributed by atoms with Crippen molar-refractivity contribution in [3.63, 3.8) is 0 Å². The van der Waals surface area contributed by atoms with Crippen LogP contribution in [0.5, 0.6) is 0 Å². The number of likely N-dealkylation sites (tertiary alicyclic amines) is 1. The first kappa shape index (κ1) is 21.1. The van der Waals surface area contributed by atoms with Crippen molar-refractivity contribution in [1.29, 1.82) is 0 Å². The average Bonchev–Trinajstić information content (AvgIpc) is 2.68. The van der Waals surface area contributed by atoms with Crippen LogP contribution in [0.4, 0.5) is 13.2 Å². The molecule has 0 radical (unpaired) electrons. The van der Waals surface area contributed by atoms with Crippen LogP contribution in [0.3, 0.4) is 0 Å². The Balaban J connectivity index is 1.58. The standard InChI is InChI=1S/C19H25F3N2O3S/c20-19(21,22)17-9-5-4-8-16(17)18(25)24-12-10-14(11-13-24)23-28(26,27)15-6-2-1-3-7-15/h1-3,6-7,14,16-17,23H,4-5,8-13H2. The zero-order chi connectivity index (χ0) is 20.4. The first-order chi connectivity index (χ1) is 13.2. The van der Waals surface area contributed by atoms with Crippen LogP contribution in [0.2, 0.25) is 0 Å². The summed E-state index contributed by atoms with van der Waals surface area (Å²) >= 11 is 0. The minimum Gasteiger partial charge on any atom is -0.342 e. The van der Waals surface area contributed by atoms with Crippen molar-refractivity contribution in [3.05, 3.63) is 30.3 Å². The van der Waals surface area contributed by atoms with Crippen LogP contribution in [0.15, 0.2) is 35.2 Å². The maximum Gasteiger partial charge on any atom is 0.392 e. The summed E-state index contributed by atoms with van der Waals surface area (Å²) in [6.07, 6.45) is -2.17. The van der Waals surface area contributed by atoms with Crippen molar-refractivity contribution >= 4 is 15.9 Å². The predicted molar refractivity (Wildman–Crippen MR) is 97.9 cm³/mol. The number of sulfonamides is 1. The van der Waals surface area contributed by atoms with Gasteiger partial charge in [-0.1, -0.05) is 31.0 Å². The molecule has 1 aliphatic carbocycles. The molecule has 3 rings (SSSR count). The number of hydrogen-bond acceptors (Lipinski definition) is 3. The second-order valence-electron chi connectivity index (χ2n) is 7.57. The van der Waals surface area contributed by atoms with E-state index in [1.165, 1.54) is 17.0 Å². The molecule has 2 aliphatic rings. The molecule has 0 spiro atoms. The van der Waals surface area contributed by atoms with Crippen molar-refractivity contribution in [2.75, 3.05) is 13.1 Å². The fraction of sp³-hybridized carbons (Fsp3) is 0.632. The molecule has 1 saturated carbocycles. The molecule has 156 valence electrons. The van der Waals surface area contributed by atoms with Crippen LogP contribution in [0.25, 0.3) is 0 Å². The van der Waals surface area contributed by atoms with E-state index in [2.05, 4.69) is 4.72 Å². The Morgan fingerprint density at radius 2 is 1.61 bits per heavy atom. The highest BCUT2D eigenvalue weighted by atomic mass is 32.2. The Kier molecular flexibility index (Phi) is 6.34. The van der Waals surface area contributed by atoms with Gasteiger partial charge in [0.15, 0.2) is 0 Å². The van der Waals surface area contributed by atoms with Crippen LogP contribution in [0.1, 0.15) is 38.5 Å². The van der Waals surface area contributed by atoms with Crippen LogP contribution in [0, 0.1) is 11.8 Å². The van der Waals surface area contributed by atoms with Crippen molar-refractivity contribution in [2.45, 2.75) is 55.6 Å². The lowest BCUT2D eigenvalue weighted by Gasteiger charge is -2.38. The molecule has 1 N–H and O–H groups in total. The van der Waals surface area contributed by atoms with Gasteiger partial charge in [0.1, 0.15) is 0 Å². The molecule has 9 heteroatoms. The Morgan fingerprint density at radius 1 is 1.00 bits per heavy atom. The van der Waals surface area contributed by atoms with E-state index >= 15 is 0 Å². The Bertz CT molecular complexity index is 775.